The molecule has 0 spiro atoms. The Morgan fingerprint density at radius 3 is 1.98 bits per heavy atom. The Kier molecular flexibility index (Phi) is 24.4. The molecule has 0 aromatic heterocycles. The van der Waals surface area contributed by atoms with Crippen molar-refractivity contribution in [3.05, 3.63) is 17.9 Å². The van der Waals surface area contributed by atoms with Crippen LogP contribution < -0.4 is 0 Å². The Labute approximate surface area is 290 Å². The van der Waals surface area contributed by atoms with Crippen LogP contribution in [-0.2, 0) is 0 Å². The first-order chi connectivity index (χ1) is 21.5. The number of rotatable bonds is 8. The van der Waals surface area contributed by atoms with Gasteiger partial charge in [-0.05, 0) is 146 Å². The van der Waals surface area contributed by atoms with Gasteiger partial charge >= 0.3 is 0 Å². The Bertz CT molecular complexity index is 864. The molecular formula is C44H78S. The second-order valence-electron chi connectivity index (χ2n) is 15.0. The van der Waals surface area contributed by atoms with Gasteiger partial charge in [0.2, 0.25) is 0 Å². The fraction of sp³-hybridized carbons (Fsp3) is 0.818. The maximum Gasteiger partial charge on any atom is -0.0210 e. The van der Waals surface area contributed by atoms with Gasteiger partial charge in [-0.25, -0.2) is 0 Å². The minimum Gasteiger partial charge on any atom is -0.130 e. The molecule has 4 saturated carbocycles. The van der Waals surface area contributed by atoms with Gasteiger partial charge in [-0.2, -0.15) is 0 Å². The van der Waals surface area contributed by atoms with E-state index in [2.05, 4.69) is 93.4 Å². The molecule has 4 fully saturated rings. The van der Waals surface area contributed by atoms with Crippen molar-refractivity contribution in [3.63, 3.8) is 0 Å². The van der Waals surface area contributed by atoms with Crippen molar-refractivity contribution in [2.45, 2.75) is 167 Å². The van der Waals surface area contributed by atoms with Gasteiger partial charge < -0.3 is 0 Å². The van der Waals surface area contributed by atoms with Gasteiger partial charge in [-0.1, -0.05) is 115 Å². The van der Waals surface area contributed by atoms with Crippen LogP contribution in [0.1, 0.15) is 167 Å². The van der Waals surface area contributed by atoms with E-state index < -0.39 is 0 Å². The van der Waals surface area contributed by atoms with E-state index in [1.807, 2.05) is 33.1 Å². The van der Waals surface area contributed by atoms with Gasteiger partial charge in [0.1, 0.15) is 0 Å². The maximum absolute atomic E-state index is 5.12. The lowest BCUT2D eigenvalue weighted by atomic mass is 9.42. The van der Waals surface area contributed by atoms with Crippen LogP contribution in [0.5, 0.6) is 0 Å². The van der Waals surface area contributed by atoms with Crippen LogP contribution in [0.4, 0.5) is 0 Å². The Morgan fingerprint density at radius 1 is 0.889 bits per heavy atom. The van der Waals surface area contributed by atoms with E-state index in [4.69, 9.17) is 12.2 Å². The topological polar surface area (TPSA) is 0 Å². The quantitative estimate of drug-likeness (QED) is 0.145. The van der Waals surface area contributed by atoms with Gasteiger partial charge in [-0.15, -0.1) is 31.4 Å². The van der Waals surface area contributed by atoms with E-state index in [0.29, 0.717) is 10.8 Å². The van der Waals surface area contributed by atoms with Gasteiger partial charge in [0, 0.05) is 0 Å². The molecule has 10 atom stereocenters. The molecule has 0 heterocycles. The van der Waals surface area contributed by atoms with E-state index in [1.165, 1.54) is 69.8 Å². The van der Waals surface area contributed by atoms with E-state index in [9.17, 15) is 0 Å². The van der Waals surface area contributed by atoms with Crippen molar-refractivity contribution < 1.29 is 0 Å². The zero-order chi connectivity index (χ0) is 35.4. The third kappa shape index (κ3) is 11.7. The Hall–Kier alpha value is -1.27. The molecule has 0 saturated heterocycles. The molecule has 0 radical (unpaired) electrons. The molecule has 0 nitrogen and oxygen atoms in total. The molecule has 0 aromatic rings. The SMILES string of the molecule is C#C.C#C.C=C=C(CC)CC(C)C(C)C.CC.CC.CC1CC2CCCCC2(C)C2CCC3(C)C(C(C)CCC=S)CCC3C12. The molecule has 45 heavy (non-hydrogen) atoms. The molecule has 4 aliphatic carbocycles. The lowest BCUT2D eigenvalue weighted by Gasteiger charge is -2.62. The zero-order valence-electron chi connectivity index (χ0n) is 32.4. The van der Waals surface area contributed by atoms with Gasteiger partial charge in [0.25, 0.3) is 0 Å². The Morgan fingerprint density at radius 2 is 1.47 bits per heavy atom. The number of terminal acetylenes is 2. The summed E-state index contributed by atoms with van der Waals surface area (Å²) in [6.45, 7) is 31.3. The predicted octanol–water partition coefficient (Wildman–Crippen LogP) is 14.0. The van der Waals surface area contributed by atoms with E-state index >= 15 is 0 Å². The van der Waals surface area contributed by atoms with Crippen molar-refractivity contribution in [1.82, 2.24) is 0 Å². The summed E-state index contributed by atoms with van der Waals surface area (Å²) >= 11 is 5.12. The second kappa shape index (κ2) is 24.0. The molecule has 4 aliphatic rings. The zero-order valence-corrected chi connectivity index (χ0v) is 33.2. The molecule has 4 rings (SSSR count). The highest BCUT2D eigenvalue weighted by molar-refractivity contribution is 7.78. The summed E-state index contributed by atoms with van der Waals surface area (Å²) in [6.07, 6.45) is 34.4. The molecular weight excluding hydrogens is 561 g/mol. The highest BCUT2D eigenvalue weighted by atomic mass is 32.1. The van der Waals surface area contributed by atoms with Crippen LogP contribution in [0, 0.1) is 89.8 Å². The van der Waals surface area contributed by atoms with Crippen LogP contribution in [0.2, 0.25) is 0 Å². The molecule has 10 unspecified atom stereocenters. The lowest BCUT2D eigenvalue weighted by Crippen LogP contribution is -2.55. The standard InChI is InChI=1S/C25H42S.C11H20.2C2H6.2C2H2/c1-17(8-7-15-26)20-10-11-21-23-18(2)16-19-9-5-6-13-24(19,3)22(23)12-14-25(20,21)4;1-6-11(7-2)8-10(5)9(3)4;4*1-2/h15,17-23H,5-14,16H2,1-4H3;9-10H,1,7-8H2,2-5H3;2*1-2H3;2*1-2H. The lowest BCUT2D eigenvalue weighted by molar-refractivity contribution is -0.137. The maximum atomic E-state index is 5.12. The summed E-state index contributed by atoms with van der Waals surface area (Å²) in [6, 6.07) is 0. The number of hydrogen-bond acceptors (Lipinski definition) is 1. The summed E-state index contributed by atoms with van der Waals surface area (Å²) in [7, 11) is 0. The number of thiocarbonyl (C=S) groups is 1. The van der Waals surface area contributed by atoms with Crippen molar-refractivity contribution in [2.75, 3.05) is 0 Å². The van der Waals surface area contributed by atoms with Crippen molar-refractivity contribution in [2.24, 2.45) is 64.1 Å². The minimum absolute atomic E-state index is 0.619. The van der Waals surface area contributed by atoms with Crippen LogP contribution >= 0.6 is 12.2 Å². The van der Waals surface area contributed by atoms with Crippen LogP contribution in [0.3, 0.4) is 0 Å². The molecule has 0 bridgehead atoms. The number of fused-ring (bicyclic) bond motifs is 5. The monoisotopic (exact) mass is 639 g/mol. The highest BCUT2D eigenvalue weighted by Crippen LogP contribution is 2.69. The number of hydrogen-bond donors (Lipinski definition) is 0. The summed E-state index contributed by atoms with van der Waals surface area (Å²) in [5, 5.41) is 1.97. The second-order valence-corrected chi connectivity index (χ2v) is 15.3. The largest absolute Gasteiger partial charge is 0.130 e. The fourth-order valence-corrected chi connectivity index (χ4v) is 10.3. The highest BCUT2D eigenvalue weighted by Gasteiger charge is 2.61. The van der Waals surface area contributed by atoms with E-state index in [0.717, 1.165) is 72.5 Å². The molecule has 0 aromatic carbocycles. The van der Waals surface area contributed by atoms with Gasteiger partial charge in [0.05, 0.1) is 0 Å². The van der Waals surface area contributed by atoms with Crippen molar-refractivity contribution in [1.29, 1.82) is 0 Å². The average molecular weight is 639 g/mol. The smallest absolute Gasteiger partial charge is 0.0210 e. The van der Waals surface area contributed by atoms with Crippen LogP contribution in [0.25, 0.3) is 0 Å². The van der Waals surface area contributed by atoms with Crippen LogP contribution in [0.15, 0.2) is 17.9 Å². The third-order valence-corrected chi connectivity index (χ3v) is 13.1. The van der Waals surface area contributed by atoms with E-state index in [1.54, 1.807) is 0 Å². The Balaban J connectivity index is 0. The average Bonchev–Trinajstić information content (AvgIpc) is 3.43. The number of allylic oxidation sites excluding steroid dienone is 1. The summed E-state index contributed by atoms with van der Waals surface area (Å²) in [5.41, 5.74) is 5.67. The predicted molar refractivity (Wildman–Crippen MR) is 210 cm³/mol. The van der Waals surface area contributed by atoms with E-state index in [-0.39, 0.29) is 0 Å². The van der Waals surface area contributed by atoms with Gasteiger partial charge in [-0.3, -0.25) is 0 Å². The van der Waals surface area contributed by atoms with Crippen molar-refractivity contribution >= 4 is 17.6 Å². The van der Waals surface area contributed by atoms with Crippen molar-refractivity contribution in [3.8, 4) is 25.7 Å². The van der Waals surface area contributed by atoms with Gasteiger partial charge in [0.15, 0.2) is 0 Å². The first-order valence-corrected chi connectivity index (χ1v) is 19.5. The third-order valence-electron chi connectivity index (χ3n) is 12.8. The molecule has 0 N–H and O–H groups in total. The normalized spacial score (nSPS) is 33.4. The summed E-state index contributed by atoms with van der Waals surface area (Å²) in [4.78, 5) is 0. The summed E-state index contributed by atoms with van der Waals surface area (Å²) < 4.78 is 0. The first-order valence-electron chi connectivity index (χ1n) is 19.0. The summed E-state index contributed by atoms with van der Waals surface area (Å²) in [5.74, 6) is 8.41. The molecule has 0 aliphatic heterocycles. The van der Waals surface area contributed by atoms with Crippen LogP contribution in [-0.4, -0.2) is 5.37 Å². The fourth-order valence-electron chi connectivity index (χ4n) is 10.1. The first kappa shape index (κ1) is 45.9. The molecule has 1 heteroatoms. The molecule has 0 amide bonds. The molecule has 260 valence electrons. The minimum atomic E-state index is 0.619.